The van der Waals surface area contributed by atoms with E-state index < -0.39 is 0 Å². The van der Waals surface area contributed by atoms with Gasteiger partial charge in [-0.25, -0.2) is 0 Å². The van der Waals surface area contributed by atoms with Crippen LogP contribution in [-0.4, -0.2) is 38.0 Å². The normalized spacial score (nSPS) is 52.5. The Morgan fingerprint density at radius 1 is 0.536 bits per heavy atom. The molecule has 0 N–H and O–H groups in total. The van der Waals surface area contributed by atoms with E-state index in [-0.39, 0.29) is 22.4 Å². The molecule has 4 heteroatoms. The Bertz CT molecular complexity index is 495. The molecule has 2 atom stereocenters. The van der Waals surface area contributed by atoms with Crippen LogP contribution in [0.2, 0.25) is 0 Å². The molecule has 2 aliphatic heterocycles. The fourth-order valence-corrected chi connectivity index (χ4v) is 6.63. The van der Waals surface area contributed by atoms with E-state index in [1.807, 2.05) is 0 Å². The zero-order valence-electron chi connectivity index (χ0n) is 18.1. The number of ether oxygens (including phenoxy) is 4. The van der Waals surface area contributed by atoms with E-state index in [0.717, 1.165) is 63.9 Å². The average Bonchev–Trinajstić information content (AvgIpc) is 2.70. The average molecular weight is 393 g/mol. The van der Waals surface area contributed by atoms with Crippen molar-refractivity contribution >= 4 is 0 Å². The summed E-state index contributed by atoms with van der Waals surface area (Å²) < 4.78 is 25.9. The maximum atomic E-state index is 6.46. The summed E-state index contributed by atoms with van der Waals surface area (Å²) in [5.74, 6) is 0.922. The van der Waals surface area contributed by atoms with Crippen LogP contribution < -0.4 is 0 Å². The number of hydrogen-bond donors (Lipinski definition) is 0. The number of rotatable bonds is 0. The second-order valence-corrected chi connectivity index (χ2v) is 11.4. The molecule has 5 fully saturated rings. The molecule has 0 aromatic heterocycles. The first-order valence-corrected chi connectivity index (χ1v) is 12.0. The second-order valence-electron chi connectivity index (χ2n) is 11.4. The Morgan fingerprint density at radius 2 is 0.893 bits per heavy atom. The summed E-state index contributed by atoms with van der Waals surface area (Å²) in [6.07, 6.45) is 14.2. The molecule has 5 rings (SSSR count). The molecule has 0 radical (unpaired) electrons. The van der Waals surface area contributed by atoms with Gasteiger partial charge in [-0.1, -0.05) is 26.7 Å². The summed E-state index contributed by atoms with van der Waals surface area (Å²) in [6, 6.07) is 0. The van der Waals surface area contributed by atoms with E-state index >= 15 is 0 Å². The highest BCUT2D eigenvalue weighted by Gasteiger charge is 2.53. The van der Waals surface area contributed by atoms with Gasteiger partial charge >= 0.3 is 0 Å². The zero-order valence-corrected chi connectivity index (χ0v) is 18.1. The van der Waals surface area contributed by atoms with Crippen LogP contribution in [0.3, 0.4) is 0 Å². The summed E-state index contributed by atoms with van der Waals surface area (Å²) in [6.45, 7) is 8.23. The third-order valence-electron chi connectivity index (χ3n) is 8.77. The Balaban J connectivity index is 1.15. The fourth-order valence-electron chi connectivity index (χ4n) is 6.63. The van der Waals surface area contributed by atoms with Crippen molar-refractivity contribution in [2.45, 2.75) is 102 Å². The van der Waals surface area contributed by atoms with Crippen molar-refractivity contribution in [2.24, 2.45) is 22.7 Å². The monoisotopic (exact) mass is 392 g/mol. The van der Waals surface area contributed by atoms with Gasteiger partial charge < -0.3 is 18.9 Å². The quantitative estimate of drug-likeness (QED) is 0.550. The molecule has 4 spiro atoms. The molecule has 160 valence electrons. The van der Waals surface area contributed by atoms with Gasteiger partial charge in [-0.3, -0.25) is 0 Å². The molecule has 2 saturated heterocycles. The lowest BCUT2D eigenvalue weighted by Crippen LogP contribution is -2.56. The predicted molar refractivity (Wildman–Crippen MR) is 108 cm³/mol. The summed E-state index contributed by atoms with van der Waals surface area (Å²) >= 11 is 0. The summed E-state index contributed by atoms with van der Waals surface area (Å²) in [5, 5.41) is 0. The van der Waals surface area contributed by atoms with Gasteiger partial charge in [0.25, 0.3) is 0 Å². The molecule has 0 aromatic rings. The van der Waals surface area contributed by atoms with Gasteiger partial charge in [0, 0.05) is 36.5 Å². The van der Waals surface area contributed by atoms with Gasteiger partial charge in [0.15, 0.2) is 11.6 Å². The second kappa shape index (κ2) is 7.21. The minimum atomic E-state index is -0.265. The fraction of sp³-hybridized carbons (Fsp3) is 1.00. The lowest BCUT2D eigenvalue weighted by Gasteiger charge is -2.55. The lowest BCUT2D eigenvalue weighted by atomic mass is 9.63. The summed E-state index contributed by atoms with van der Waals surface area (Å²) in [4.78, 5) is 0. The van der Waals surface area contributed by atoms with Crippen LogP contribution in [0, 0.1) is 22.7 Å². The Labute approximate surface area is 171 Å². The maximum Gasteiger partial charge on any atom is 0.168 e. The van der Waals surface area contributed by atoms with Crippen molar-refractivity contribution in [3.63, 3.8) is 0 Å². The first-order valence-electron chi connectivity index (χ1n) is 12.0. The van der Waals surface area contributed by atoms with Crippen LogP contribution in [0.25, 0.3) is 0 Å². The Hall–Kier alpha value is -0.160. The van der Waals surface area contributed by atoms with Crippen molar-refractivity contribution in [3.05, 3.63) is 0 Å². The molecule has 3 aliphatic carbocycles. The molecular formula is C24H40O4. The van der Waals surface area contributed by atoms with Crippen LogP contribution in [0.1, 0.15) is 90.9 Å². The van der Waals surface area contributed by atoms with E-state index in [0.29, 0.717) is 0 Å². The summed E-state index contributed by atoms with van der Waals surface area (Å²) in [7, 11) is 0. The maximum absolute atomic E-state index is 6.46. The predicted octanol–water partition coefficient (Wildman–Crippen LogP) is 5.44. The van der Waals surface area contributed by atoms with Crippen LogP contribution in [-0.2, 0) is 18.9 Å². The van der Waals surface area contributed by atoms with E-state index in [4.69, 9.17) is 18.9 Å². The smallest absolute Gasteiger partial charge is 0.168 e. The topological polar surface area (TPSA) is 36.9 Å². The van der Waals surface area contributed by atoms with Crippen molar-refractivity contribution < 1.29 is 18.9 Å². The minimum Gasteiger partial charge on any atom is -0.349 e. The third-order valence-corrected chi connectivity index (χ3v) is 8.77. The molecule has 2 heterocycles. The highest BCUT2D eigenvalue weighted by atomic mass is 16.7. The molecular weight excluding hydrogens is 352 g/mol. The van der Waals surface area contributed by atoms with Crippen LogP contribution >= 0.6 is 0 Å². The van der Waals surface area contributed by atoms with E-state index in [1.165, 1.54) is 51.4 Å². The third kappa shape index (κ3) is 3.68. The van der Waals surface area contributed by atoms with E-state index in [2.05, 4.69) is 13.8 Å². The van der Waals surface area contributed by atoms with Gasteiger partial charge in [0.1, 0.15) is 0 Å². The lowest BCUT2D eigenvalue weighted by molar-refractivity contribution is -0.341. The zero-order chi connectivity index (χ0) is 19.3. The molecule has 5 aliphatic rings. The molecule has 28 heavy (non-hydrogen) atoms. The van der Waals surface area contributed by atoms with Gasteiger partial charge in [0.05, 0.1) is 26.4 Å². The van der Waals surface area contributed by atoms with Gasteiger partial charge in [-0.2, -0.15) is 0 Å². The SMILES string of the molecule is CC1CCCC2(C1)OCC1(CCC3(CC1)COC1(CCCC(C)C1)OC3)CO2. The number of hydrogen-bond acceptors (Lipinski definition) is 4. The Kier molecular flexibility index (Phi) is 5.10. The molecule has 2 unspecified atom stereocenters. The highest BCUT2D eigenvalue weighted by Crippen LogP contribution is 2.53. The minimum absolute atomic E-state index is 0.228. The van der Waals surface area contributed by atoms with Gasteiger partial charge in [0.2, 0.25) is 0 Å². The largest absolute Gasteiger partial charge is 0.349 e. The van der Waals surface area contributed by atoms with Crippen molar-refractivity contribution in [3.8, 4) is 0 Å². The van der Waals surface area contributed by atoms with Crippen LogP contribution in [0.5, 0.6) is 0 Å². The standard InChI is InChI=1S/C24H40O4/c1-19-5-3-7-23(13-19)25-15-21(16-26-23)9-11-22(12-10-21)17-27-24(28-18-22)8-4-6-20(2)14-24/h19-20H,3-18H2,1-2H3. The Morgan fingerprint density at radius 3 is 1.21 bits per heavy atom. The van der Waals surface area contributed by atoms with E-state index in [1.54, 1.807) is 0 Å². The van der Waals surface area contributed by atoms with Crippen molar-refractivity contribution in [1.82, 2.24) is 0 Å². The molecule has 0 aromatic carbocycles. The van der Waals surface area contributed by atoms with Crippen molar-refractivity contribution in [1.29, 1.82) is 0 Å². The highest BCUT2D eigenvalue weighted by molar-refractivity contribution is 4.98. The van der Waals surface area contributed by atoms with Crippen LogP contribution in [0.15, 0.2) is 0 Å². The molecule has 0 amide bonds. The molecule has 4 nitrogen and oxygen atoms in total. The molecule has 3 saturated carbocycles. The first kappa shape index (κ1) is 19.8. The summed E-state index contributed by atoms with van der Waals surface area (Å²) in [5.41, 5.74) is 0.456. The van der Waals surface area contributed by atoms with Crippen LogP contribution in [0.4, 0.5) is 0 Å². The van der Waals surface area contributed by atoms with Crippen molar-refractivity contribution in [2.75, 3.05) is 26.4 Å². The first-order chi connectivity index (χ1) is 13.4. The van der Waals surface area contributed by atoms with Gasteiger partial charge in [-0.15, -0.1) is 0 Å². The van der Waals surface area contributed by atoms with E-state index in [9.17, 15) is 0 Å². The van der Waals surface area contributed by atoms with Gasteiger partial charge in [-0.05, 0) is 50.4 Å². The molecule has 0 bridgehead atoms.